The highest BCUT2D eigenvalue weighted by Crippen LogP contribution is 2.06. The number of hydrogen-bond acceptors (Lipinski definition) is 5. The smallest absolute Gasteiger partial charge is 0.235 e. The molecule has 0 saturated carbocycles. The Morgan fingerprint density at radius 3 is 2.69 bits per heavy atom. The molecular formula is C8H7IN6O. The van der Waals surface area contributed by atoms with E-state index in [0.29, 0.717) is 11.8 Å². The molecule has 2 aromatic heterocycles. The molecule has 2 aromatic rings. The van der Waals surface area contributed by atoms with E-state index in [1.807, 2.05) is 0 Å². The van der Waals surface area contributed by atoms with Crippen molar-refractivity contribution in [3.63, 3.8) is 0 Å². The van der Waals surface area contributed by atoms with Crippen LogP contribution < -0.4 is 5.73 Å². The molecule has 0 aliphatic carbocycles. The first-order chi connectivity index (χ1) is 7.72. The normalized spacial score (nSPS) is 11.7. The Hall–Kier alpha value is -1.71. The Bertz CT molecular complexity index is 520. The highest BCUT2D eigenvalue weighted by Gasteiger charge is 2.10. The Morgan fingerprint density at radius 1 is 1.38 bits per heavy atom. The summed E-state index contributed by atoms with van der Waals surface area (Å²) in [5, 5.41) is 11.5. The topological polar surface area (TPSA) is 102 Å². The van der Waals surface area contributed by atoms with Crippen LogP contribution in [0.5, 0.6) is 0 Å². The molecule has 7 nitrogen and oxygen atoms in total. The lowest BCUT2D eigenvalue weighted by Crippen LogP contribution is -2.19. The zero-order valence-electron chi connectivity index (χ0n) is 7.95. The van der Waals surface area contributed by atoms with Crippen molar-refractivity contribution in [1.82, 2.24) is 19.5 Å². The molecule has 16 heavy (non-hydrogen) atoms. The summed E-state index contributed by atoms with van der Waals surface area (Å²) in [5.74, 6) is 0.621. The Morgan fingerprint density at radius 2 is 2.06 bits per heavy atom. The maximum Gasteiger partial charge on any atom is 0.235 e. The lowest BCUT2D eigenvalue weighted by Gasteiger charge is -2.03. The van der Waals surface area contributed by atoms with Gasteiger partial charge in [0.1, 0.15) is 0 Å². The van der Waals surface area contributed by atoms with Crippen LogP contribution in [0.4, 0.5) is 0 Å². The average Bonchev–Trinajstić information content (AvgIpc) is 2.78. The third-order valence-electron chi connectivity index (χ3n) is 1.80. The summed E-state index contributed by atoms with van der Waals surface area (Å²) in [4.78, 5) is 12.2. The zero-order valence-corrected chi connectivity index (χ0v) is 10.1. The first-order valence-corrected chi connectivity index (χ1v) is 5.29. The van der Waals surface area contributed by atoms with Gasteiger partial charge in [-0.1, -0.05) is 5.16 Å². The molecule has 0 spiro atoms. The minimum atomic E-state index is -0.0906. The lowest BCUT2D eigenvalue weighted by atomic mass is 10.5. The van der Waals surface area contributed by atoms with E-state index in [2.05, 4.69) is 42.7 Å². The number of amidine groups is 1. The summed E-state index contributed by atoms with van der Waals surface area (Å²) in [5.41, 5.74) is 5.47. The number of halogens is 1. The molecule has 0 saturated heterocycles. The summed E-state index contributed by atoms with van der Waals surface area (Å²) < 4.78 is 2.46. The van der Waals surface area contributed by atoms with Crippen molar-refractivity contribution in [2.75, 3.05) is 0 Å². The fourth-order valence-electron chi connectivity index (χ4n) is 1.13. The van der Waals surface area contributed by atoms with Crippen LogP contribution >= 0.6 is 22.6 Å². The highest BCUT2D eigenvalue weighted by molar-refractivity contribution is 14.1. The maximum absolute atomic E-state index is 8.59. The Kier molecular flexibility index (Phi) is 2.99. The lowest BCUT2D eigenvalue weighted by molar-refractivity contribution is 0.318. The number of nitrogens with zero attached hydrogens (tertiary/aromatic N) is 5. The van der Waals surface area contributed by atoms with Gasteiger partial charge >= 0.3 is 0 Å². The summed E-state index contributed by atoms with van der Waals surface area (Å²) in [7, 11) is 0. The summed E-state index contributed by atoms with van der Waals surface area (Å²) in [6.07, 6.45) is 6.49. The van der Waals surface area contributed by atoms with E-state index in [1.54, 1.807) is 18.6 Å². The molecule has 0 atom stereocenters. The number of aromatic nitrogens is 4. The fourth-order valence-corrected chi connectivity index (χ4v) is 1.41. The van der Waals surface area contributed by atoms with Crippen LogP contribution in [0.25, 0.3) is 5.95 Å². The predicted molar refractivity (Wildman–Crippen MR) is 64.4 cm³/mol. The number of oxime groups is 1. The second kappa shape index (κ2) is 4.43. The van der Waals surface area contributed by atoms with Crippen LogP contribution in [-0.2, 0) is 0 Å². The Balaban J connectivity index is 2.49. The van der Waals surface area contributed by atoms with Crippen LogP contribution in [0.2, 0.25) is 0 Å². The van der Waals surface area contributed by atoms with Gasteiger partial charge in [-0.3, -0.25) is 4.57 Å². The SMILES string of the molecule is N/C(=N/O)c1nccn1-c1ncc(I)cn1. The molecule has 2 heterocycles. The van der Waals surface area contributed by atoms with Crippen molar-refractivity contribution in [2.24, 2.45) is 10.9 Å². The van der Waals surface area contributed by atoms with Crippen molar-refractivity contribution in [2.45, 2.75) is 0 Å². The van der Waals surface area contributed by atoms with E-state index >= 15 is 0 Å². The molecule has 0 aromatic carbocycles. The van der Waals surface area contributed by atoms with Gasteiger partial charge in [0, 0.05) is 28.4 Å². The summed E-state index contributed by atoms with van der Waals surface area (Å²) in [6, 6.07) is 0. The molecule has 0 unspecified atom stereocenters. The molecule has 2 rings (SSSR count). The predicted octanol–water partition coefficient (Wildman–Crippen LogP) is 0.361. The van der Waals surface area contributed by atoms with E-state index in [1.165, 1.54) is 10.8 Å². The molecule has 0 amide bonds. The molecule has 8 heteroatoms. The van der Waals surface area contributed by atoms with Crippen LogP contribution in [0, 0.1) is 3.57 Å². The van der Waals surface area contributed by atoms with Gasteiger partial charge in [-0.05, 0) is 22.6 Å². The first kappa shape index (κ1) is 10.8. The van der Waals surface area contributed by atoms with Crippen molar-refractivity contribution >= 4 is 28.4 Å². The van der Waals surface area contributed by atoms with Gasteiger partial charge in [0.15, 0.2) is 5.82 Å². The average molecular weight is 330 g/mol. The third-order valence-corrected chi connectivity index (χ3v) is 2.36. The van der Waals surface area contributed by atoms with E-state index < -0.39 is 0 Å². The van der Waals surface area contributed by atoms with Gasteiger partial charge in [-0.2, -0.15) is 0 Å². The highest BCUT2D eigenvalue weighted by atomic mass is 127. The standard InChI is InChI=1S/C8H7IN6O/c9-5-3-12-8(13-4-5)15-2-1-11-7(15)6(10)14-16/h1-4,16H,(H2,10,14). The van der Waals surface area contributed by atoms with Crippen molar-refractivity contribution in [3.05, 3.63) is 34.2 Å². The van der Waals surface area contributed by atoms with E-state index in [0.717, 1.165) is 3.57 Å². The fraction of sp³-hybridized carbons (Fsp3) is 0. The molecular weight excluding hydrogens is 323 g/mol. The van der Waals surface area contributed by atoms with Gasteiger partial charge in [-0.25, -0.2) is 15.0 Å². The van der Waals surface area contributed by atoms with Gasteiger partial charge in [0.2, 0.25) is 11.8 Å². The quantitative estimate of drug-likeness (QED) is 0.272. The van der Waals surface area contributed by atoms with Crippen molar-refractivity contribution < 1.29 is 5.21 Å². The first-order valence-electron chi connectivity index (χ1n) is 4.21. The molecule has 3 N–H and O–H groups in total. The van der Waals surface area contributed by atoms with Gasteiger partial charge in [0.05, 0.1) is 0 Å². The molecule has 0 aliphatic rings. The van der Waals surface area contributed by atoms with Crippen LogP contribution in [0.3, 0.4) is 0 Å². The second-order valence-electron chi connectivity index (χ2n) is 2.81. The molecule has 0 aliphatic heterocycles. The molecule has 0 radical (unpaired) electrons. The number of rotatable bonds is 2. The van der Waals surface area contributed by atoms with Crippen LogP contribution in [-0.4, -0.2) is 30.6 Å². The number of imidazole rings is 1. The second-order valence-corrected chi connectivity index (χ2v) is 4.05. The van der Waals surface area contributed by atoms with Gasteiger partial charge in [0.25, 0.3) is 0 Å². The van der Waals surface area contributed by atoms with Crippen molar-refractivity contribution in [3.8, 4) is 5.95 Å². The van der Waals surface area contributed by atoms with E-state index in [-0.39, 0.29) is 5.84 Å². The maximum atomic E-state index is 8.59. The molecule has 0 bridgehead atoms. The summed E-state index contributed by atoms with van der Waals surface area (Å²) >= 11 is 2.11. The number of nitrogens with two attached hydrogens (primary N) is 1. The summed E-state index contributed by atoms with van der Waals surface area (Å²) in [6.45, 7) is 0. The minimum absolute atomic E-state index is 0.0906. The Labute approximate surface area is 104 Å². The number of hydrogen-bond donors (Lipinski definition) is 2. The van der Waals surface area contributed by atoms with E-state index in [9.17, 15) is 0 Å². The van der Waals surface area contributed by atoms with E-state index in [4.69, 9.17) is 10.9 Å². The monoisotopic (exact) mass is 330 g/mol. The molecule has 82 valence electrons. The van der Waals surface area contributed by atoms with Crippen LogP contribution in [0.1, 0.15) is 5.82 Å². The van der Waals surface area contributed by atoms with Gasteiger partial charge < -0.3 is 10.9 Å². The zero-order chi connectivity index (χ0) is 11.5. The third kappa shape index (κ3) is 1.96. The van der Waals surface area contributed by atoms with Crippen molar-refractivity contribution in [1.29, 1.82) is 0 Å². The minimum Gasteiger partial charge on any atom is -0.409 e. The largest absolute Gasteiger partial charge is 0.409 e. The molecule has 0 fully saturated rings. The van der Waals surface area contributed by atoms with Gasteiger partial charge in [-0.15, -0.1) is 0 Å². The van der Waals surface area contributed by atoms with Crippen LogP contribution in [0.15, 0.2) is 29.9 Å².